The molecule has 1 aliphatic carbocycles. The summed E-state index contributed by atoms with van der Waals surface area (Å²) >= 11 is 0. The first-order valence-corrected chi connectivity index (χ1v) is 7.83. The molecule has 2 aliphatic rings. The standard InChI is InChI=1S/C16H25NO3/c1-2-12-8-4-3-7-11-17(12)15(18)13-9-5-6-10-14(13)16(19)20/h5-6,12-14H,2-4,7-11H2,1H3,(H,19,20). The average molecular weight is 279 g/mol. The number of allylic oxidation sites excluding steroid dienone is 2. The van der Waals surface area contributed by atoms with Crippen LogP contribution in [-0.2, 0) is 9.59 Å². The number of carboxylic acids is 1. The van der Waals surface area contributed by atoms with Crippen LogP contribution in [0.15, 0.2) is 12.2 Å². The number of nitrogens with zero attached hydrogens (tertiary/aromatic N) is 1. The molecule has 112 valence electrons. The minimum absolute atomic E-state index is 0.0653. The molecule has 1 heterocycles. The van der Waals surface area contributed by atoms with Gasteiger partial charge in [-0.15, -0.1) is 0 Å². The van der Waals surface area contributed by atoms with Crippen LogP contribution in [0.5, 0.6) is 0 Å². The van der Waals surface area contributed by atoms with Crippen molar-refractivity contribution in [2.75, 3.05) is 6.54 Å². The lowest BCUT2D eigenvalue weighted by molar-refractivity contribution is -0.151. The third-order valence-electron chi connectivity index (χ3n) is 4.70. The van der Waals surface area contributed by atoms with E-state index < -0.39 is 11.9 Å². The van der Waals surface area contributed by atoms with Crippen LogP contribution in [-0.4, -0.2) is 34.5 Å². The van der Waals surface area contributed by atoms with E-state index in [4.69, 9.17) is 0 Å². The second-order valence-corrected chi connectivity index (χ2v) is 5.94. The van der Waals surface area contributed by atoms with Crippen molar-refractivity contribution in [2.24, 2.45) is 11.8 Å². The number of carboxylic acid groups (broad SMARTS) is 1. The molecule has 0 radical (unpaired) electrons. The van der Waals surface area contributed by atoms with Crippen molar-refractivity contribution in [1.82, 2.24) is 4.90 Å². The number of hydrogen-bond acceptors (Lipinski definition) is 2. The zero-order valence-electron chi connectivity index (χ0n) is 12.3. The summed E-state index contributed by atoms with van der Waals surface area (Å²) in [6, 6.07) is 0.297. The molecule has 1 aliphatic heterocycles. The van der Waals surface area contributed by atoms with Gasteiger partial charge in [0.1, 0.15) is 0 Å². The molecule has 1 fully saturated rings. The Hall–Kier alpha value is -1.32. The number of aliphatic carboxylic acids is 1. The maximum atomic E-state index is 12.8. The summed E-state index contributed by atoms with van der Waals surface area (Å²) in [7, 11) is 0. The summed E-state index contributed by atoms with van der Waals surface area (Å²) in [6.07, 6.45) is 10.3. The quantitative estimate of drug-likeness (QED) is 0.808. The maximum absolute atomic E-state index is 12.8. The molecule has 0 bridgehead atoms. The zero-order chi connectivity index (χ0) is 14.5. The van der Waals surface area contributed by atoms with E-state index in [1.165, 1.54) is 12.8 Å². The Morgan fingerprint density at radius 2 is 1.85 bits per heavy atom. The summed E-state index contributed by atoms with van der Waals surface area (Å²) in [5.74, 6) is -1.69. The normalized spacial score (nSPS) is 30.9. The van der Waals surface area contributed by atoms with Gasteiger partial charge in [-0.2, -0.15) is 0 Å². The van der Waals surface area contributed by atoms with Crippen LogP contribution in [0.4, 0.5) is 0 Å². The van der Waals surface area contributed by atoms with Crippen molar-refractivity contribution in [2.45, 2.75) is 57.9 Å². The van der Waals surface area contributed by atoms with E-state index in [0.717, 1.165) is 25.8 Å². The molecule has 4 nitrogen and oxygen atoms in total. The minimum Gasteiger partial charge on any atom is -0.481 e. The van der Waals surface area contributed by atoms with Crippen LogP contribution in [0.25, 0.3) is 0 Å². The van der Waals surface area contributed by atoms with Crippen molar-refractivity contribution in [3.05, 3.63) is 12.2 Å². The van der Waals surface area contributed by atoms with Crippen molar-refractivity contribution >= 4 is 11.9 Å². The van der Waals surface area contributed by atoms with Gasteiger partial charge < -0.3 is 10.0 Å². The fraction of sp³-hybridized carbons (Fsp3) is 0.750. The monoisotopic (exact) mass is 279 g/mol. The van der Waals surface area contributed by atoms with Crippen LogP contribution < -0.4 is 0 Å². The molecule has 4 heteroatoms. The highest BCUT2D eigenvalue weighted by Crippen LogP contribution is 2.30. The van der Waals surface area contributed by atoms with Gasteiger partial charge in [0.15, 0.2) is 0 Å². The Kier molecular flexibility index (Phi) is 5.21. The maximum Gasteiger partial charge on any atom is 0.307 e. The van der Waals surface area contributed by atoms with E-state index in [2.05, 4.69) is 6.92 Å². The largest absolute Gasteiger partial charge is 0.481 e. The zero-order valence-corrected chi connectivity index (χ0v) is 12.3. The lowest BCUT2D eigenvalue weighted by Crippen LogP contribution is -2.46. The molecule has 1 amide bonds. The van der Waals surface area contributed by atoms with Crippen LogP contribution >= 0.6 is 0 Å². The molecule has 0 aromatic heterocycles. The lowest BCUT2D eigenvalue weighted by Gasteiger charge is -2.35. The molecule has 0 spiro atoms. The predicted molar refractivity (Wildman–Crippen MR) is 77.2 cm³/mol. The molecule has 20 heavy (non-hydrogen) atoms. The van der Waals surface area contributed by atoms with Gasteiger partial charge in [-0.25, -0.2) is 0 Å². The number of rotatable bonds is 3. The SMILES string of the molecule is CCC1CCCCCN1C(=O)C1CC=CCC1C(=O)O. The van der Waals surface area contributed by atoms with Crippen LogP contribution in [0, 0.1) is 11.8 Å². The summed E-state index contributed by atoms with van der Waals surface area (Å²) in [5.41, 5.74) is 0. The van der Waals surface area contributed by atoms with Crippen LogP contribution in [0.2, 0.25) is 0 Å². The highest BCUT2D eigenvalue weighted by atomic mass is 16.4. The molecule has 0 aromatic rings. The minimum atomic E-state index is -0.837. The van der Waals surface area contributed by atoms with Crippen molar-refractivity contribution in [3.63, 3.8) is 0 Å². The Labute approximate surface area is 120 Å². The highest BCUT2D eigenvalue weighted by Gasteiger charge is 2.38. The molecule has 3 atom stereocenters. The van der Waals surface area contributed by atoms with E-state index in [1.807, 2.05) is 17.1 Å². The van der Waals surface area contributed by atoms with Gasteiger partial charge in [-0.05, 0) is 32.1 Å². The number of hydrogen-bond donors (Lipinski definition) is 1. The van der Waals surface area contributed by atoms with E-state index in [-0.39, 0.29) is 11.8 Å². The molecule has 1 N–H and O–H groups in total. The van der Waals surface area contributed by atoms with Gasteiger partial charge in [0.25, 0.3) is 0 Å². The third kappa shape index (κ3) is 3.22. The Morgan fingerprint density at radius 3 is 2.50 bits per heavy atom. The Balaban J connectivity index is 2.14. The fourth-order valence-corrected chi connectivity index (χ4v) is 3.46. The topological polar surface area (TPSA) is 57.6 Å². The van der Waals surface area contributed by atoms with Crippen LogP contribution in [0.1, 0.15) is 51.9 Å². The molecule has 2 rings (SSSR count). The summed E-state index contributed by atoms with van der Waals surface area (Å²) in [6.45, 7) is 2.91. The molecular formula is C16H25NO3. The highest BCUT2D eigenvalue weighted by molar-refractivity contribution is 5.85. The van der Waals surface area contributed by atoms with E-state index in [0.29, 0.717) is 18.9 Å². The van der Waals surface area contributed by atoms with Gasteiger partial charge >= 0.3 is 5.97 Å². The smallest absolute Gasteiger partial charge is 0.307 e. The lowest BCUT2D eigenvalue weighted by atomic mass is 9.81. The first-order valence-electron chi connectivity index (χ1n) is 7.83. The second-order valence-electron chi connectivity index (χ2n) is 5.94. The van der Waals surface area contributed by atoms with Gasteiger partial charge in [0.2, 0.25) is 5.91 Å². The summed E-state index contributed by atoms with van der Waals surface area (Å²) in [4.78, 5) is 26.2. The first kappa shape index (κ1) is 15.1. The molecular weight excluding hydrogens is 254 g/mol. The summed E-state index contributed by atoms with van der Waals surface area (Å²) < 4.78 is 0. The average Bonchev–Trinajstić information content (AvgIpc) is 2.71. The van der Waals surface area contributed by atoms with Crippen LogP contribution in [0.3, 0.4) is 0 Å². The van der Waals surface area contributed by atoms with Gasteiger partial charge in [0.05, 0.1) is 11.8 Å². The first-order chi connectivity index (χ1) is 9.65. The number of amides is 1. The number of likely N-dealkylation sites (tertiary alicyclic amines) is 1. The molecule has 1 saturated heterocycles. The van der Waals surface area contributed by atoms with Gasteiger partial charge in [-0.3, -0.25) is 9.59 Å². The summed E-state index contributed by atoms with van der Waals surface area (Å²) in [5, 5.41) is 9.33. The van der Waals surface area contributed by atoms with Gasteiger partial charge in [0, 0.05) is 12.6 Å². The predicted octanol–water partition coefficient (Wildman–Crippen LogP) is 2.83. The van der Waals surface area contributed by atoms with E-state index in [9.17, 15) is 14.7 Å². The molecule has 0 aromatic carbocycles. The van der Waals surface area contributed by atoms with Crippen molar-refractivity contribution in [3.8, 4) is 0 Å². The van der Waals surface area contributed by atoms with E-state index in [1.54, 1.807) is 0 Å². The Morgan fingerprint density at radius 1 is 1.15 bits per heavy atom. The van der Waals surface area contributed by atoms with E-state index >= 15 is 0 Å². The number of carbonyl (C=O) groups excluding carboxylic acids is 1. The molecule has 0 saturated carbocycles. The number of carbonyl (C=O) groups is 2. The molecule has 3 unspecified atom stereocenters. The fourth-order valence-electron chi connectivity index (χ4n) is 3.46. The van der Waals surface area contributed by atoms with Crippen molar-refractivity contribution < 1.29 is 14.7 Å². The van der Waals surface area contributed by atoms with Gasteiger partial charge in [-0.1, -0.05) is 31.9 Å². The third-order valence-corrected chi connectivity index (χ3v) is 4.70. The Bertz CT molecular complexity index is 391. The van der Waals surface area contributed by atoms with Crippen molar-refractivity contribution in [1.29, 1.82) is 0 Å². The second kappa shape index (κ2) is 6.91.